The van der Waals surface area contributed by atoms with Crippen LogP contribution in [0.2, 0.25) is 0 Å². The summed E-state index contributed by atoms with van der Waals surface area (Å²) in [7, 11) is 1.86. The van der Waals surface area contributed by atoms with E-state index in [-0.39, 0.29) is 5.82 Å². The highest BCUT2D eigenvalue weighted by molar-refractivity contribution is 5.22. The van der Waals surface area contributed by atoms with Crippen molar-refractivity contribution in [3.8, 4) is 5.75 Å². The van der Waals surface area contributed by atoms with Crippen LogP contribution < -0.4 is 4.74 Å². The Morgan fingerprint density at radius 1 is 1.25 bits per heavy atom. The summed E-state index contributed by atoms with van der Waals surface area (Å²) in [5.74, 6) is 1.01. The lowest BCUT2D eigenvalue weighted by Gasteiger charge is -2.27. The molecule has 0 radical (unpaired) electrons. The van der Waals surface area contributed by atoms with Crippen LogP contribution in [0.25, 0.3) is 0 Å². The largest absolute Gasteiger partial charge is 0.494 e. The van der Waals surface area contributed by atoms with E-state index in [1.54, 1.807) is 22.9 Å². The highest BCUT2D eigenvalue weighted by atomic mass is 19.1. The summed E-state index contributed by atoms with van der Waals surface area (Å²) >= 11 is 0. The molecule has 28 heavy (non-hydrogen) atoms. The molecule has 2 aromatic heterocycles. The van der Waals surface area contributed by atoms with Crippen molar-refractivity contribution in [2.24, 2.45) is 7.05 Å². The van der Waals surface area contributed by atoms with Crippen LogP contribution in [-0.2, 0) is 20.1 Å². The molecule has 1 aliphatic heterocycles. The summed E-state index contributed by atoms with van der Waals surface area (Å²) in [6, 6.07) is 8.04. The molecule has 0 amide bonds. The highest BCUT2D eigenvalue weighted by Gasteiger charge is 2.23. The Balaban J connectivity index is 1.29. The lowest BCUT2D eigenvalue weighted by molar-refractivity contribution is 0.188. The highest BCUT2D eigenvalue weighted by Crippen LogP contribution is 2.22. The molecule has 8 heteroatoms. The predicted molar refractivity (Wildman–Crippen MR) is 101 cm³/mol. The number of imidazole rings is 1. The van der Waals surface area contributed by atoms with Crippen molar-refractivity contribution in [3.05, 3.63) is 65.8 Å². The van der Waals surface area contributed by atoms with Crippen LogP contribution in [0.1, 0.15) is 29.7 Å². The number of fused-ring (bicyclic) bond motifs is 1. The maximum absolute atomic E-state index is 12.9. The topological polar surface area (TPSA) is 68.3 Å². The van der Waals surface area contributed by atoms with Crippen LogP contribution in [0.5, 0.6) is 5.75 Å². The van der Waals surface area contributed by atoms with E-state index in [1.165, 1.54) is 12.1 Å². The molecule has 0 saturated carbocycles. The van der Waals surface area contributed by atoms with Crippen LogP contribution in [0.15, 0.2) is 42.7 Å². The smallest absolute Gasteiger partial charge is 0.155 e. The standard InChI is InChI=1S/C20H24FN5O2/c1-24-9-7-22-20(24)19(27)18-13-16-14-25(10-11-26(16)23-18)8-2-12-28-17-5-3-15(21)4-6-17/h3-7,9,13,19,27H,2,8,10-12,14H2,1H3. The SMILES string of the molecule is Cn1ccnc1C(O)c1cc2n(n1)CCN(CCCOc1ccc(F)cc1)C2. The van der Waals surface area contributed by atoms with E-state index >= 15 is 0 Å². The number of hydrogen-bond acceptors (Lipinski definition) is 5. The molecule has 1 atom stereocenters. The number of rotatable bonds is 7. The first kappa shape index (κ1) is 18.6. The van der Waals surface area contributed by atoms with E-state index in [0.29, 0.717) is 23.9 Å². The minimum atomic E-state index is -0.823. The van der Waals surface area contributed by atoms with Gasteiger partial charge in [-0.25, -0.2) is 9.37 Å². The summed E-state index contributed by atoms with van der Waals surface area (Å²) in [6.07, 6.45) is 3.54. The van der Waals surface area contributed by atoms with Gasteiger partial charge in [-0.05, 0) is 36.8 Å². The lowest BCUT2D eigenvalue weighted by Crippen LogP contribution is -2.35. The second-order valence-electron chi connectivity index (χ2n) is 7.01. The summed E-state index contributed by atoms with van der Waals surface area (Å²) in [6.45, 7) is 3.98. The van der Waals surface area contributed by atoms with E-state index in [2.05, 4.69) is 15.0 Å². The third-order valence-corrected chi connectivity index (χ3v) is 4.98. The first-order valence-electron chi connectivity index (χ1n) is 9.43. The number of ether oxygens (including phenoxy) is 1. The molecule has 7 nitrogen and oxygen atoms in total. The molecule has 0 spiro atoms. The first-order valence-corrected chi connectivity index (χ1v) is 9.43. The molecule has 4 rings (SSSR count). The monoisotopic (exact) mass is 385 g/mol. The Kier molecular flexibility index (Phi) is 5.40. The van der Waals surface area contributed by atoms with E-state index in [4.69, 9.17) is 4.74 Å². The van der Waals surface area contributed by atoms with Gasteiger partial charge >= 0.3 is 0 Å². The van der Waals surface area contributed by atoms with Gasteiger partial charge in [0.15, 0.2) is 6.10 Å². The maximum Gasteiger partial charge on any atom is 0.155 e. The maximum atomic E-state index is 12.9. The normalized spacial score (nSPS) is 15.4. The van der Waals surface area contributed by atoms with Crippen molar-refractivity contribution in [3.63, 3.8) is 0 Å². The fourth-order valence-corrected chi connectivity index (χ4v) is 3.45. The number of halogens is 1. The number of aliphatic hydroxyl groups excluding tert-OH is 1. The van der Waals surface area contributed by atoms with E-state index < -0.39 is 6.10 Å². The molecule has 1 N–H and O–H groups in total. The van der Waals surface area contributed by atoms with Gasteiger partial charge in [0.1, 0.15) is 17.4 Å². The average Bonchev–Trinajstić information content (AvgIpc) is 3.31. The van der Waals surface area contributed by atoms with Crippen LogP contribution in [0.3, 0.4) is 0 Å². The molecule has 1 unspecified atom stereocenters. The molecule has 1 aromatic carbocycles. The van der Waals surface area contributed by atoms with Crippen molar-refractivity contribution in [2.75, 3.05) is 19.7 Å². The van der Waals surface area contributed by atoms with Crippen LogP contribution in [0, 0.1) is 5.82 Å². The molecule has 0 saturated heterocycles. The van der Waals surface area contributed by atoms with Crippen molar-refractivity contribution < 1.29 is 14.2 Å². The molecule has 148 valence electrons. The van der Waals surface area contributed by atoms with Crippen molar-refractivity contribution >= 4 is 0 Å². The van der Waals surface area contributed by atoms with Gasteiger partial charge in [-0.1, -0.05) is 0 Å². The second-order valence-corrected chi connectivity index (χ2v) is 7.01. The average molecular weight is 385 g/mol. The van der Waals surface area contributed by atoms with E-state index in [9.17, 15) is 9.50 Å². The zero-order chi connectivity index (χ0) is 19.5. The number of hydrogen-bond donors (Lipinski definition) is 1. The number of aliphatic hydroxyl groups is 1. The zero-order valence-electron chi connectivity index (χ0n) is 15.8. The van der Waals surface area contributed by atoms with Crippen LogP contribution >= 0.6 is 0 Å². The van der Waals surface area contributed by atoms with Crippen molar-refractivity contribution in [1.82, 2.24) is 24.2 Å². The van der Waals surface area contributed by atoms with Crippen LogP contribution in [0.4, 0.5) is 4.39 Å². The van der Waals surface area contributed by atoms with Gasteiger partial charge in [-0.3, -0.25) is 9.58 Å². The van der Waals surface area contributed by atoms with Crippen molar-refractivity contribution in [1.29, 1.82) is 0 Å². The van der Waals surface area contributed by atoms with Gasteiger partial charge in [0.2, 0.25) is 0 Å². The molecule has 0 fully saturated rings. The van der Waals surface area contributed by atoms with Gasteiger partial charge in [-0.2, -0.15) is 5.10 Å². The van der Waals surface area contributed by atoms with E-state index in [1.807, 2.05) is 24.0 Å². The lowest BCUT2D eigenvalue weighted by atomic mass is 10.2. The summed E-state index contributed by atoms with van der Waals surface area (Å²) in [5, 5.41) is 15.1. The number of benzene rings is 1. The minimum absolute atomic E-state index is 0.260. The quantitative estimate of drug-likeness (QED) is 0.631. The third kappa shape index (κ3) is 4.07. The predicted octanol–water partition coefficient (Wildman–Crippen LogP) is 2.12. The summed E-state index contributed by atoms with van der Waals surface area (Å²) in [5.41, 5.74) is 1.72. The Morgan fingerprint density at radius 3 is 2.82 bits per heavy atom. The summed E-state index contributed by atoms with van der Waals surface area (Å²) < 4.78 is 22.3. The number of aryl methyl sites for hydroxylation is 1. The van der Waals surface area contributed by atoms with Gasteiger partial charge in [0, 0.05) is 39.1 Å². The van der Waals surface area contributed by atoms with E-state index in [0.717, 1.165) is 38.3 Å². The zero-order valence-corrected chi connectivity index (χ0v) is 15.8. The van der Waals surface area contributed by atoms with Gasteiger partial charge in [-0.15, -0.1) is 0 Å². The van der Waals surface area contributed by atoms with Gasteiger partial charge in [0.05, 0.1) is 24.5 Å². The first-order chi connectivity index (χ1) is 13.6. The third-order valence-electron chi connectivity index (χ3n) is 4.98. The molecular weight excluding hydrogens is 361 g/mol. The molecule has 0 aliphatic carbocycles. The molecule has 1 aliphatic rings. The minimum Gasteiger partial charge on any atom is -0.494 e. The molecule has 0 bridgehead atoms. The number of aromatic nitrogens is 4. The van der Waals surface area contributed by atoms with Gasteiger partial charge < -0.3 is 14.4 Å². The Hall–Kier alpha value is -2.71. The van der Waals surface area contributed by atoms with Crippen LogP contribution in [-0.4, -0.2) is 49.0 Å². The Morgan fingerprint density at radius 2 is 2.07 bits per heavy atom. The fraction of sp³-hybridized carbons (Fsp3) is 0.400. The fourth-order valence-electron chi connectivity index (χ4n) is 3.45. The molecule has 3 aromatic rings. The second kappa shape index (κ2) is 8.12. The molecule has 3 heterocycles. The summed E-state index contributed by atoms with van der Waals surface area (Å²) in [4.78, 5) is 6.56. The molecular formula is C20H24FN5O2. The van der Waals surface area contributed by atoms with Crippen molar-refractivity contribution in [2.45, 2.75) is 25.6 Å². The number of nitrogens with zero attached hydrogens (tertiary/aromatic N) is 5. The Labute approximate surface area is 163 Å². The van der Waals surface area contributed by atoms with Gasteiger partial charge in [0.25, 0.3) is 0 Å². The Bertz CT molecular complexity index is 921.